The molecule has 0 atom stereocenters. The van der Waals surface area contributed by atoms with E-state index in [4.69, 9.17) is 0 Å². The van der Waals surface area contributed by atoms with Gasteiger partial charge < -0.3 is 9.36 Å². The molecular weight excluding hydrogens is 230 g/mol. The molecule has 0 saturated heterocycles. The van der Waals surface area contributed by atoms with Gasteiger partial charge in [-0.3, -0.25) is 0 Å². The molecule has 0 unspecified atom stereocenters. The van der Waals surface area contributed by atoms with Crippen molar-refractivity contribution in [2.45, 2.75) is 6.54 Å². The first-order valence-corrected chi connectivity index (χ1v) is 4.79. The molecule has 1 heterocycles. The Hall–Kier alpha value is -1.09. The minimum atomic E-state index is 0.409. The van der Waals surface area contributed by atoms with E-state index < -0.39 is 0 Å². The second-order valence-electron chi connectivity index (χ2n) is 2.81. The maximum Gasteiger partial charge on any atom is 0.139 e. The number of halogens is 1. The number of nitrogens with zero attached hydrogens (tertiary/aromatic N) is 1. The molecule has 2 rings (SSSR count). The minimum Gasteiger partial charge on any atom is -0.339 e. The van der Waals surface area contributed by atoms with E-state index >= 15 is 0 Å². The summed E-state index contributed by atoms with van der Waals surface area (Å²) in [5, 5.41) is 1.15. The third kappa shape index (κ3) is 1.40. The zero-order valence-corrected chi connectivity index (χ0v) is 8.49. The summed E-state index contributed by atoms with van der Waals surface area (Å²) in [6.07, 6.45) is 2.82. The van der Waals surface area contributed by atoms with Crippen LogP contribution in [-0.4, -0.2) is 10.9 Å². The Morgan fingerprint density at radius 3 is 3.00 bits per heavy atom. The van der Waals surface area contributed by atoms with Crippen molar-refractivity contribution in [1.82, 2.24) is 4.57 Å². The molecule has 3 heteroatoms. The summed E-state index contributed by atoms with van der Waals surface area (Å²) in [4.78, 5) is 10.4. The van der Waals surface area contributed by atoms with Gasteiger partial charge in [0.25, 0.3) is 0 Å². The fourth-order valence-electron chi connectivity index (χ4n) is 1.45. The van der Waals surface area contributed by atoms with Crippen LogP contribution in [0.2, 0.25) is 0 Å². The lowest BCUT2D eigenvalue weighted by atomic mass is 10.2. The number of carbonyl (C=O) groups is 1. The van der Waals surface area contributed by atoms with Crippen LogP contribution in [0.25, 0.3) is 10.9 Å². The number of carbonyl (C=O) groups excluding carboxylic acids is 1. The van der Waals surface area contributed by atoms with E-state index in [1.54, 1.807) is 0 Å². The van der Waals surface area contributed by atoms with Gasteiger partial charge in [-0.15, -0.1) is 0 Å². The monoisotopic (exact) mass is 237 g/mol. The van der Waals surface area contributed by atoms with Crippen LogP contribution < -0.4 is 0 Å². The second kappa shape index (κ2) is 3.34. The van der Waals surface area contributed by atoms with Crippen LogP contribution in [0.4, 0.5) is 0 Å². The summed E-state index contributed by atoms with van der Waals surface area (Å²) in [6.45, 7) is 0.409. The Kier molecular flexibility index (Phi) is 2.19. The summed E-state index contributed by atoms with van der Waals surface area (Å²) < 4.78 is 2.95. The first kappa shape index (κ1) is 8.51. The van der Waals surface area contributed by atoms with E-state index in [9.17, 15) is 4.79 Å². The number of benzene rings is 1. The number of aromatic nitrogens is 1. The van der Waals surface area contributed by atoms with Crippen LogP contribution in [0, 0.1) is 0 Å². The van der Waals surface area contributed by atoms with E-state index in [1.165, 1.54) is 0 Å². The van der Waals surface area contributed by atoms with Gasteiger partial charge in [0.05, 0.1) is 12.1 Å². The topological polar surface area (TPSA) is 22.0 Å². The lowest BCUT2D eigenvalue weighted by molar-refractivity contribution is -0.108. The lowest BCUT2D eigenvalue weighted by Gasteiger charge is -2.01. The molecule has 0 fully saturated rings. The van der Waals surface area contributed by atoms with Crippen molar-refractivity contribution in [2.75, 3.05) is 0 Å². The molecule has 2 nitrogen and oxygen atoms in total. The standard InChI is InChI=1S/C10H8BrNO/c11-9-3-1-2-8-4-5-12(6-7-13)10(8)9/h1-5,7H,6H2. The average Bonchev–Trinajstić information content (AvgIpc) is 2.51. The Morgan fingerprint density at radius 1 is 1.38 bits per heavy atom. The van der Waals surface area contributed by atoms with Crippen molar-refractivity contribution >= 4 is 33.1 Å². The molecule has 0 amide bonds. The fraction of sp³-hybridized carbons (Fsp3) is 0.100. The van der Waals surface area contributed by atoms with Crippen LogP contribution in [0.15, 0.2) is 34.9 Å². The van der Waals surface area contributed by atoms with Crippen LogP contribution in [0.3, 0.4) is 0 Å². The van der Waals surface area contributed by atoms with Gasteiger partial charge in [-0.2, -0.15) is 0 Å². The number of aldehydes is 1. The van der Waals surface area contributed by atoms with Gasteiger partial charge in [0.2, 0.25) is 0 Å². The highest BCUT2D eigenvalue weighted by Crippen LogP contribution is 2.24. The minimum absolute atomic E-state index is 0.409. The number of fused-ring (bicyclic) bond motifs is 1. The first-order valence-electron chi connectivity index (χ1n) is 4.00. The van der Waals surface area contributed by atoms with Crippen molar-refractivity contribution < 1.29 is 4.79 Å². The summed E-state index contributed by atoms with van der Waals surface area (Å²) >= 11 is 3.46. The highest BCUT2D eigenvalue weighted by Gasteiger charge is 2.02. The number of hydrogen-bond acceptors (Lipinski definition) is 1. The number of para-hydroxylation sites is 1. The molecule has 66 valence electrons. The molecule has 0 spiro atoms. The molecule has 0 aliphatic carbocycles. The molecular formula is C10H8BrNO. The molecule has 1 aromatic carbocycles. The molecule has 2 aromatic rings. The van der Waals surface area contributed by atoms with Crippen molar-refractivity contribution in [2.24, 2.45) is 0 Å². The van der Waals surface area contributed by atoms with Crippen molar-refractivity contribution in [3.63, 3.8) is 0 Å². The molecule has 13 heavy (non-hydrogen) atoms. The molecule has 0 bridgehead atoms. The Morgan fingerprint density at radius 2 is 2.23 bits per heavy atom. The van der Waals surface area contributed by atoms with Gasteiger partial charge in [-0.25, -0.2) is 0 Å². The maximum absolute atomic E-state index is 10.4. The average molecular weight is 238 g/mol. The third-order valence-electron chi connectivity index (χ3n) is 2.01. The smallest absolute Gasteiger partial charge is 0.139 e. The van der Waals surface area contributed by atoms with Crippen LogP contribution in [-0.2, 0) is 11.3 Å². The predicted molar refractivity (Wildman–Crippen MR) is 55.7 cm³/mol. The molecule has 0 aliphatic rings. The Labute approximate surface area is 84.3 Å². The molecule has 0 N–H and O–H groups in total. The SMILES string of the molecule is O=CCn1ccc2cccc(Br)c21. The lowest BCUT2D eigenvalue weighted by Crippen LogP contribution is -1.96. The fourth-order valence-corrected chi connectivity index (χ4v) is 2.06. The summed E-state index contributed by atoms with van der Waals surface area (Å²) in [7, 11) is 0. The molecule has 1 aromatic heterocycles. The van der Waals surface area contributed by atoms with Crippen molar-refractivity contribution in [1.29, 1.82) is 0 Å². The largest absolute Gasteiger partial charge is 0.339 e. The van der Waals surface area contributed by atoms with E-state index in [0.717, 1.165) is 21.7 Å². The summed E-state index contributed by atoms with van der Waals surface area (Å²) in [5.41, 5.74) is 1.08. The zero-order valence-electron chi connectivity index (χ0n) is 6.90. The van der Waals surface area contributed by atoms with E-state index in [2.05, 4.69) is 15.9 Å². The zero-order chi connectivity index (χ0) is 9.26. The van der Waals surface area contributed by atoms with Gasteiger partial charge in [-0.05, 0) is 28.1 Å². The third-order valence-corrected chi connectivity index (χ3v) is 2.65. The van der Waals surface area contributed by atoms with E-state index in [0.29, 0.717) is 6.54 Å². The van der Waals surface area contributed by atoms with Gasteiger partial charge in [-0.1, -0.05) is 12.1 Å². The summed E-state index contributed by atoms with van der Waals surface area (Å²) in [6, 6.07) is 7.99. The van der Waals surface area contributed by atoms with Gasteiger partial charge >= 0.3 is 0 Å². The maximum atomic E-state index is 10.4. The molecule has 0 aliphatic heterocycles. The van der Waals surface area contributed by atoms with E-state index in [-0.39, 0.29) is 0 Å². The molecule has 0 radical (unpaired) electrons. The summed E-state index contributed by atoms with van der Waals surface area (Å²) in [5.74, 6) is 0. The second-order valence-corrected chi connectivity index (χ2v) is 3.67. The van der Waals surface area contributed by atoms with Gasteiger partial charge in [0, 0.05) is 16.1 Å². The van der Waals surface area contributed by atoms with Crippen LogP contribution >= 0.6 is 15.9 Å². The Balaban J connectivity index is 2.70. The predicted octanol–water partition coefficient (Wildman–Crippen LogP) is 2.60. The van der Waals surface area contributed by atoms with Crippen LogP contribution in [0.5, 0.6) is 0 Å². The highest BCUT2D eigenvalue weighted by atomic mass is 79.9. The first-order chi connectivity index (χ1) is 6.33. The van der Waals surface area contributed by atoms with Gasteiger partial charge in [0.1, 0.15) is 6.29 Å². The highest BCUT2D eigenvalue weighted by molar-refractivity contribution is 9.10. The van der Waals surface area contributed by atoms with Gasteiger partial charge in [0.15, 0.2) is 0 Å². The van der Waals surface area contributed by atoms with E-state index in [1.807, 2.05) is 35.0 Å². The van der Waals surface area contributed by atoms with Crippen molar-refractivity contribution in [3.8, 4) is 0 Å². The normalized spacial score (nSPS) is 10.5. The Bertz CT molecular complexity index is 447. The number of rotatable bonds is 2. The van der Waals surface area contributed by atoms with Crippen molar-refractivity contribution in [3.05, 3.63) is 34.9 Å². The quantitative estimate of drug-likeness (QED) is 0.737. The number of hydrogen-bond donors (Lipinski definition) is 0. The molecule has 0 saturated carbocycles. The van der Waals surface area contributed by atoms with Crippen LogP contribution in [0.1, 0.15) is 0 Å².